The number of anilines is 1. The fourth-order valence-electron chi connectivity index (χ4n) is 3.80. The summed E-state index contributed by atoms with van der Waals surface area (Å²) in [7, 11) is 0. The van der Waals surface area contributed by atoms with Gasteiger partial charge in [-0.1, -0.05) is 16.3 Å². The molecular formula is C19H16N7O3+. The molecule has 3 aromatic rings. The number of benzene rings is 1. The Bertz CT molecular complexity index is 1140. The number of nitriles is 1. The molecule has 10 nitrogen and oxygen atoms in total. The van der Waals surface area contributed by atoms with Crippen molar-refractivity contribution in [2.75, 3.05) is 11.6 Å². The van der Waals surface area contributed by atoms with Crippen molar-refractivity contribution in [1.82, 2.24) is 20.0 Å². The van der Waals surface area contributed by atoms with Crippen molar-refractivity contribution < 1.29 is 15.0 Å². The van der Waals surface area contributed by atoms with Gasteiger partial charge in [-0.25, -0.2) is 9.67 Å². The highest BCUT2D eigenvalue weighted by Gasteiger charge is 2.55. The lowest BCUT2D eigenvalue weighted by Crippen LogP contribution is -2.35. The monoisotopic (exact) mass is 390 g/mol. The number of aliphatic hydroxyl groups excluding tert-OH is 1. The zero-order valence-corrected chi connectivity index (χ0v) is 15.2. The summed E-state index contributed by atoms with van der Waals surface area (Å²) in [5, 5.41) is 28.1. The number of hydrazine groups is 1. The predicted octanol–water partition coefficient (Wildman–Crippen LogP) is 1.13. The number of nitrogens with zero attached hydrogens (tertiary/aromatic N) is 7. The fraction of sp³-hybridized carbons (Fsp3) is 0.263. The van der Waals surface area contributed by atoms with Crippen LogP contribution in [0.25, 0.3) is 16.9 Å². The third-order valence-electron chi connectivity index (χ3n) is 5.20. The van der Waals surface area contributed by atoms with Crippen LogP contribution in [0.2, 0.25) is 0 Å². The molecule has 2 aliphatic heterocycles. The van der Waals surface area contributed by atoms with Gasteiger partial charge in [-0.3, -0.25) is 0 Å². The summed E-state index contributed by atoms with van der Waals surface area (Å²) in [6, 6.07) is 11.5. The number of hydrogen-bond donors (Lipinski definition) is 1. The molecule has 2 atom stereocenters. The van der Waals surface area contributed by atoms with E-state index in [1.807, 2.05) is 36.4 Å². The maximum absolute atomic E-state index is 12.0. The molecule has 4 heterocycles. The molecule has 0 bridgehead atoms. The summed E-state index contributed by atoms with van der Waals surface area (Å²) in [6.45, 7) is -0.204. The summed E-state index contributed by atoms with van der Waals surface area (Å²) in [4.78, 5) is 21.6. The van der Waals surface area contributed by atoms with Crippen molar-refractivity contribution in [3.05, 3.63) is 58.9 Å². The van der Waals surface area contributed by atoms with Crippen LogP contribution in [0.15, 0.2) is 42.7 Å². The van der Waals surface area contributed by atoms with E-state index in [-0.39, 0.29) is 19.1 Å². The van der Waals surface area contributed by atoms with Gasteiger partial charge in [0.2, 0.25) is 6.10 Å². The molecule has 0 amide bonds. The quantitative estimate of drug-likeness (QED) is 0.704. The number of fused-ring (bicyclic) bond motifs is 3. The molecule has 29 heavy (non-hydrogen) atoms. The van der Waals surface area contributed by atoms with Crippen molar-refractivity contribution >= 4 is 5.69 Å². The molecule has 1 aromatic carbocycles. The van der Waals surface area contributed by atoms with E-state index in [1.165, 1.54) is 4.68 Å². The minimum absolute atomic E-state index is 0.196. The Labute approximate surface area is 165 Å². The van der Waals surface area contributed by atoms with Gasteiger partial charge in [0.05, 0.1) is 31.0 Å². The molecule has 5 rings (SSSR count). The molecule has 2 unspecified atom stereocenters. The molecule has 0 saturated carbocycles. The summed E-state index contributed by atoms with van der Waals surface area (Å²) in [5.74, 6) is 0.608. The lowest BCUT2D eigenvalue weighted by molar-refractivity contribution is -0.795. The lowest BCUT2D eigenvalue weighted by Gasteiger charge is -2.06. The summed E-state index contributed by atoms with van der Waals surface area (Å²) in [6.07, 6.45) is 3.73. The van der Waals surface area contributed by atoms with E-state index in [2.05, 4.69) is 15.3 Å². The highest BCUT2D eigenvalue weighted by Crippen LogP contribution is 2.39. The molecule has 1 N–H and O–H groups in total. The van der Waals surface area contributed by atoms with Crippen molar-refractivity contribution in [1.29, 1.82) is 5.26 Å². The van der Waals surface area contributed by atoms with Crippen LogP contribution in [0.5, 0.6) is 0 Å². The van der Waals surface area contributed by atoms with Gasteiger partial charge < -0.3 is 5.11 Å². The van der Waals surface area contributed by atoms with E-state index in [0.717, 1.165) is 22.4 Å². The zero-order valence-electron chi connectivity index (χ0n) is 15.2. The van der Waals surface area contributed by atoms with E-state index >= 15 is 0 Å². The zero-order chi connectivity index (χ0) is 20.0. The Hall–Kier alpha value is -3.84. The van der Waals surface area contributed by atoms with E-state index < -0.39 is 6.10 Å². The van der Waals surface area contributed by atoms with Crippen LogP contribution in [0.1, 0.15) is 11.3 Å². The Morgan fingerprint density at radius 1 is 1.31 bits per heavy atom. The molecule has 10 heteroatoms. The smallest absolute Gasteiger partial charge is 0.365 e. The SMILES string of the molecule is N#CCc1cn(-c2ccc(-c3ccc4c(c3)CC3C(CO)O[N+](=O)N43)cn2)nn1. The van der Waals surface area contributed by atoms with Gasteiger partial charge in [0.1, 0.15) is 16.6 Å². The van der Waals surface area contributed by atoms with Crippen LogP contribution in [0.4, 0.5) is 5.69 Å². The molecular weight excluding hydrogens is 374 g/mol. The van der Waals surface area contributed by atoms with Crippen LogP contribution >= 0.6 is 0 Å². The Morgan fingerprint density at radius 3 is 2.93 bits per heavy atom. The maximum Gasteiger partial charge on any atom is 0.365 e. The van der Waals surface area contributed by atoms with Crippen LogP contribution in [-0.2, 0) is 17.7 Å². The third kappa shape index (κ3) is 2.79. The van der Waals surface area contributed by atoms with E-state index in [4.69, 9.17) is 10.1 Å². The molecule has 0 aliphatic carbocycles. The van der Waals surface area contributed by atoms with Crippen LogP contribution in [-0.4, -0.2) is 48.9 Å². The number of pyridine rings is 1. The van der Waals surface area contributed by atoms with Crippen molar-refractivity contribution in [2.45, 2.75) is 25.0 Å². The second-order valence-electron chi connectivity index (χ2n) is 6.92. The number of hydrogen-bond acceptors (Lipinski definition) is 7. The Balaban J connectivity index is 1.41. The van der Waals surface area contributed by atoms with Gasteiger partial charge in [-0.05, 0) is 35.4 Å². The first kappa shape index (κ1) is 17.3. The van der Waals surface area contributed by atoms with Gasteiger partial charge in [-0.15, -0.1) is 5.10 Å². The van der Waals surface area contributed by atoms with E-state index in [0.29, 0.717) is 23.0 Å². The maximum atomic E-state index is 12.0. The van der Waals surface area contributed by atoms with Gasteiger partial charge >= 0.3 is 5.03 Å². The second kappa shape index (κ2) is 6.65. The average molecular weight is 390 g/mol. The first-order chi connectivity index (χ1) is 14.2. The summed E-state index contributed by atoms with van der Waals surface area (Å²) in [5.41, 5.74) is 4.32. The first-order valence-electron chi connectivity index (χ1n) is 9.10. The number of rotatable bonds is 4. The molecule has 1 saturated heterocycles. The van der Waals surface area contributed by atoms with Crippen molar-refractivity contribution in [3.8, 4) is 23.0 Å². The summed E-state index contributed by atoms with van der Waals surface area (Å²) >= 11 is 0. The van der Waals surface area contributed by atoms with Crippen LogP contribution in [0.3, 0.4) is 0 Å². The Morgan fingerprint density at radius 2 is 2.17 bits per heavy atom. The first-order valence-corrected chi connectivity index (χ1v) is 9.10. The minimum Gasteiger partial charge on any atom is -0.392 e. The summed E-state index contributed by atoms with van der Waals surface area (Å²) < 4.78 is 1.53. The highest BCUT2D eigenvalue weighted by molar-refractivity contribution is 5.70. The normalized spacial score (nSPS) is 19.6. The molecule has 0 radical (unpaired) electrons. The molecule has 2 aromatic heterocycles. The van der Waals surface area contributed by atoms with Crippen LogP contribution < -0.4 is 5.01 Å². The third-order valence-corrected chi connectivity index (χ3v) is 5.20. The van der Waals surface area contributed by atoms with Crippen molar-refractivity contribution in [3.63, 3.8) is 0 Å². The van der Waals surface area contributed by atoms with Gasteiger partial charge in [0.25, 0.3) is 0 Å². The van der Waals surface area contributed by atoms with Gasteiger partial charge in [0, 0.05) is 18.2 Å². The topological polar surface area (TPSA) is 120 Å². The van der Waals surface area contributed by atoms with Gasteiger partial charge in [-0.2, -0.15) is 10.1 Å². The largest absolute Gasteiger partial charge is 0.392 e. The molecule has 1 fully saturated rings. The van der Waals surface area contributed by atoms with Crippen LogP contribution in [0, 0.1) is 16.2 Å². The second-order valence-corrected chi connectivity index (χ2v) is 6.92. The Kier molecular flexibility index (Phi) is 3.96. The molecule has 2 aliphatic rings. The number of aliphatic hydroxyl groups is 1. The molecule has 0 spiro atoms. The number of aromatic nitrogens is 4. The minimum atomic E-state index is -0.530. The highest BCUT2D eigenvalue weighted by atomic mass is 16.8. The lowest BCUT2D eigenvalue weighted by atomic mass is 10.0. The van der Waals surface area contributed by atoms with Crippen molar-refractivity contribution in [2.24, 2.45) is 0 Å². The predicted molar refractivity (Wildman–Crippen MR) is 99.5 cm³/mol. The average Bonchev–Trinajstić information content (AvgIpc) is 3.43. The van der Waals surface area contributed by atoms with Gasteiger partial charge in [0.15, 0.2) is 5.82 Å². The van der Waals surface area contributed by atoms with E-state index in [1.54, 1.807) is 17.4 Å². The standard InChI is InChI=1S/C19H16N7O3/c20-6-5-15-10-24(23-22-15)19-4-2-13(9-21-19)12-1-3-16-14(7-12)8-17-18(11-27)29-26(28)25(16)17/h1-4,7,9-10,17-18,27H,5,8,11H2/q+1. The van der Waals surface area contributed by atoms with E-state index in [9.17, 15) is 10.0 Å². The molecule has 144 valence electrons. The fourth-order valence-corrected chi connectivity index (χ4v) is 3.80.